The molecule has 20 heavy (non-hydrogen) atoms. The summed E-state index contributed by atoms with van der Waals surface area (Å²) in [6.45, 7) is 2.59. The molecule has 0 radical (unpaired) electrons. The van der Waals surface area contributed by atoms with Crippen LogP contribution in [0.1, 0.15) is 51.4 Å². The number of amides is 1. The molecule has 0 aromatic carbocycles. The van der Waals surface area contributed by atoms with Crippen molar-refractivity contribution in [1.29, 1.82) is 0 Å². The summed E-state index contributed by atoms with van der Waals surface area (Å²) in [6, 6.07) is 0. The van der Waals surface area contributed by atoms with Gasteiger partial charge in [-0.2, -0.15) is 0 Å². The molecule has 2 rings (SSSR count). The molecule has 0 bridgehead atoms. The van der Waals surface area contributed by atoms with Gasteiger partial charge in [-0.1, -0.05) is 25.7 Å². The van der Waals surface area contributed by atoms with Crippen molar-refractivity contribution in [3.05, 3.63) is 0 Å². The number of hydrogen-bond donors (Lipinski definition) is 2. The Balaban J connectivity index is 1.60. The van der Waals surface area contributed by atoms with Gasteiger partial charge in [-0.15, -0.1) is 0 Å². The SMILES string of the molecule is NCCOCCCNC(=O)C1CCC2CCCCC2C1. The van der Waals surface area contributed by atoms with Gasteiger partial charge in [0.25, 0.3) is 0 Å². The molecular formula is C16H30N2O2. The first-order chi connectivity index (χ1) is 9.81. The van der Waals surface area contributed by atoms with Crippen molar-refractivity contribution in [1.82, 2.24) is 5.32 Å². The second-order valence-electron chi connectivity index (χ2n) is 6.36. The maximum Gasteiger partial charge on any atom is 0.223 e. The molecule has 0 heterocycles. The highest BCUT2D eigenvalue weighted by molar-refractivity contribution is 5.78. The van der Waals surface area contributed by atoms with Crippen molar-refractivity contribution in [2.75, 3.05) is 26.3 Å². The van der Waals surface area contributed by atoms with Gasteiger partial charge in [0.15, 0.2) is 0 Å². The fourth-order valence-corrected chi connectivity index (χ4v) is 3.83. The highest BCUT2D eigenvalue weighted by atomic mass is 16.5. The zero-order valence-electron chi connectivity index (χ0n) is 12.6. The predicted octanol–water partition coefficient (Wildman–Crippen LogP) is 2.07. The molecule has 116 valence electrons. The van der Waals surface area contributed by atoms with Crippen LogP contribution in [0.3, 0.4) is 0 Å². The molecule has 3 atom stereocenters. The van der Waals surface area contributed by atoms with Gasteiger partial charge in [0.1, 0.15) is 0 Å². The lowest BCUT2D eigenvalue weighted by Gasteiger charge is -2.38. The van der Waals surface area contributed by atoms with Crippen LogP contribution >= 0.6 is 0 Å². The third-order valence-corrected chi connectivity index (χ3v) is 4.94. The van der Waals surface area contributed by atoms with E-state index in [9.17, 15) is 4.79 Å². The van der Waals surface area contributed by atoms with E-state index in [2.05, 4.69) is 5.32 Å². The van der Waals surface area contributed by atoms with Crippen LogP contribution in [0.5, 0.6) is 0 Å². The summed E-state index contributed by atoms with van der Waals surface area (Å²) in [4.78, 5) is 12.2. The zero-order chi connectivity index (χ0) is 14.2. The zero-order valence-corrected chi connectivity index (χ0v) is 12.6. The minimum atomic E-state index is 0.263. The number of ether oxygens (including phenoxy) is 1. The average molecular weight is 282 g/mol. The second kappa shape index (κ2) is 8.63. The van der Waals surface area contributed by atoms with Gasteiger partial charge in [0.2, 0.25) is 5.91 Å². The third-order valence-electron chi connectivity index (χ3n) is 4.94. The van der Waals surface area contributed by atoms with E-state index in [4.69, 9.17) is 10.5 Å². The Morgan fingerprint density at radius 3 is 2.70 bits per heavy atom. The molecule has 0 aliphatic heterocycles. The summed E-state index contributed by atoms with van der Waals surface area (Å²) in [5.41, 5.74) is 5.35. The van der Waals surface area contributed by atoms with Gasteiger partial charge in [-0.3, -0.25) is 4.79 Å². The van der Waals surface area contributed by atoms with Gasteiger partial charge >= 0.3 is 0 Å². The number of carbonyl (C=O) groups excluding carboxylic acids is 1. The topological polar surface area (TPSA) is 64.3 Å². The van der Waals surface area contributed by atoms with Crippen LogP contribution in [0.2, 0.25) is 0 Å². The summed E-state index contributed by atoms with van der Waals surface area (Å²) in [5.74, 6) is 2.27. The maximum absolute atomic E-state index is 12.2. The Morgan fingerprint density at radius 1 is 1.10 bits per heavy atom. The molecule has 2 aliphatic rings. The normalized spacial score (nSPS) is 29.8. The highest BCUT2D eigenvalue weighted by Crippen LogP contribution is 2.42. The minimum Gasteiger partial charge on any atom is -0.380 e. The van der Waals surface area contributed by atoms with Crippen LogP contribution in [0.15, 0.2) is 0 Å². The molecule has 0 aromatic rings. The fourth-order valence-electron chi connectivity index (χ4n) is 3.83. The van der Waals surface area contributed by atoms with E-state index >= 15 is 0 Å². The number of hydrogen-bond acceptors (Lipinski definition) is 3. The van der Waals surface area contributed by atoms with E-state index in [0.29, 0.717) is 19.8 Å². The molecule has 0 aromatic heterocycles. The molecule has 4 heteroatoms. The molecule has 0 saturated heterocycles. The second-order valence-corrected chi connectivity index (χ2v) is 6.36. The molecule has 2 aliphatic carbocycles. The first-order valence-corrected chi connectivity index (χ1v) is 8.36. The van der Waals surface area contributed by atoms with E-state index in [1.54, 1.807) is 0 Å². The van der Waals surface area contributed by atoms with Gasteiger partial charge in [0, 0.05) is 25.6 Å². The summed E-state index contributed by atoms with van der Waals surface area (Å²) < 4.78 is 5.30. The Labute approximate surface area is 122 Å². The van der Waals surface area contributed by atoms with Crippen LogP contribution in [0, 0.1) is 17.8 Å². The number of carbonyl (C=O) groups is 1. The van der Waals surface area contributed by atoms with Crippen molar-refractivity contribution in [2.45, 2.75) is 51.4 Å². The monoisotopic (exact) mass is 282 g/mol. The van der Waals surface area contributed by atoms with E-state index in [1.807, 2.05) is 0 Å². The first kappa shape index (κ1) is 15.8. The molecule has 3 N–H and O–H groups in total. The molecule has 2 fully saturated rings. The van der Waals surface area contributed by atoms with Crippen molar-refractivity contribution in [3.8, 4) is 0 Å². The molecule has 1 amide bonds. The van der Waals surface area contributed by atoms with E-state index in [1.165, 1.54) is 32.1 Å². The van der Waals surface area contributed by atoms with Gasteiger partial charge in [-0.25, -0.2) is 0 Å². The number of fused-ring (bicyclic) bond motifs is 1. The Morgan fingerprint density at radius 2 is 1.90 bits per heavy atom. The molecule has 4 nitrogen and oxygen atoms in total. The van der Waals surface area contributed by atoms with Gasteiger partial charge in [-0.05, 0) is 37.5 Å². The van der Waals surface area contributed by atoms with Crippen LogP contribution in [-0.2, 0) is 9.53 Å². The minimum absolute atomic E-state index is 0.263. The van der Waals surface area contributed by atoms with Crippen molar-refractivity contribution in [3.63, 3.8) is 0 Å². The summed E-state index contributed by atoms with van der Waals surface area (Å²) >= 11 is 0. The van der Waals surface area contributed by atoms with Gasteiger partial charge < -0.3 is 15.8 Å². The molecule has 3 unspecified atom stereocenters. The standard InChI is InChI=1S/C16H30N2O2/c17-8-11-20-10-3-9-18-16(19)15-7-6-13-4-1-2-5-14(13)12-15/h13-15H,1-12,17H2,(H,18,19). The summed E-state index contributed by atoms with van der Waals surface area (Å²) in [5, 5.41) is 3.07. The summed E-state index contributed by atoms with van der Waals surface area (Å²) in [7, 11) is 0. The van der Waals surface area contributed by atoms with E-state index < -0.39 is 0 Å². The number of nitrogens with two attached hydrogens (primary N) is 1. The molecule has 0 spiro atoms. The molecular weight excluding hydrogens is 252 g/mol. The lowest BCUT2D eigenvalue weighted by Crippen LogP contribution is -2.37. The lowest BCUT2D eigenvalue weighted by atomic mass is 9.67. The largest absolute Gasteiger partial charge is 0.380 e. The molecule has 2 saturated carbocycles. The van der Waals surface area contributed by atoms with Crippen molar-refractivity contribution >= 4 is 5.91 Å². The van der Waals surface area contributed by atoms with Crippen molar-refractivity contribution in [2.24, 2.45) is 23.5 Å². The van der Waals surface area contributed by atoms with Crippen LogP contribution in [0.4, 0.5) is 0 Å². The predicted molar refractivity (Wildman–Crippen MR) is 80.3 cm³/mol. The first-order valence-electron chi connectivity index (χ1n) is 8.36. The van der Waals surface area contributed by atoms with Crippen LogP contribution < -0.4 is 11.1 Å². The highest BCUT2D eigenvalue weighted by Gasteiger charge is 2.34. The quantitative estimate of drug-likeness (QED) is 0.703. The van der Waals surface area contributed by atoms with Crippen LogP contribution in [-0.4, -0.2) is 32.2 Å². The fraction of sp³-hybridized carbons (Fsp3) is 0.938. The van der Waals surface area contributed by atoms with E-state index in [0.717, 1.165) is 37.6 Å². The Kier molecular flexibility index (Phi) is 6.80. The lowest BCUT2D eigenvalue weighted by molar-refractivity contribution is -0.127. The Hall–Kier alpha value is -0.610. The Bertz CT molecular complexity index is 296. The summed E-state index contributed by atoms with van der Waals surface area (Å²) in [6.07, 6.45) is 9.89. The van der Waals surface area contributed by atoms with E-state index in [-0.39, 0.29) is 11.8 Å². The number of rotatable bonds is 7. The van der Waals surface area contributed by atoms with Crippen LogP contribution in [0.25, 0.3) is 0 Å². The van der Waals surface area contributed by atoms with Gasteiger partial charge in [0.05, 0.1) is 6.61 Å². The smallest absolute Gasteiger partial charge is 0.223 e. The maximum atomic E-state index is 12.2. The third kappa shape index (κ3) is 4.74. The number of nitrogens with one attached hydrogen (secondary N) is 1. The van der Waals surface area contributed by atoms with Crippen molar-refractivity contribution < 1.29 is 9.53 Å². The average Bonchev–Trinajstić information content (AvgIpc) is 2.50.